The number of hydrogen-bond donors (Lipinski definition) is 1. The van der Waals surface area contributed by atoms with Crippen molar-refractivity contribution in [2.24, 2.45) is 17.8 Å². The second-order valence-corrected chi connectivity index (χ2v) is 5.58. The minimum Gasteiger partial charge on any atom is -0.459 e. The van der Waals surface area contributed by atoms with Crippen molar-refractivity contribution in [1.82, 2.24) is 5.32 Å². The van der Waals surface area contributed by atoms with Gasteiger partial charge in [-0.3, -0.25) is 4.79 Å². The van der Waals surface area contributed by atoms with Gasteiger partial charge in [-0.15, -0.1) is 0 Å². The van der Waals surface area contributed by atoms with E-state index in [9.17, 15) is 4.79 Å². The standard InChI is InChI=1S/C14H19NO2/c1-9(12-8-10-4-5-11(12)7-10)15-14(16)13-3-2-6-17-13/h2-3,6,9-12H,4-5,7-8H2,1H3,(H,15,16). The molecule has 0 aromatic carbocycles. The van der Waals surface area contributed by atoms with Gasteiger partial charge in [-0.05, 0) is 56.1 Å². The van der Waals surface area contributed by atoms with Crippen LogP contribution in [0.5, 0.6) is 0 Å². The Hall–Kier alpha value is -1.25. The Morgan fingerprint density at radius 3 is 2.94 bits per heavy atom. The van der Waals surface area contributed by atoms with E-state index in [0.29, 0.717) is 11.7 Å². The summed E-state index contributed by atoms with van der Waals surface area (Å²) in [5.74, 6) is 2.78. The van der Waals surface area contributed by atoms with Crippen LogP contribution in [0.15, 0.2) is 22.8 Å². The first kappa shape index (κ1) is 10.9. The maximum absolute atomic E-state index is 11.9. The maximum atomic E-state index is 11.9. The molecule has 4 atom stereocenters. The molecular formula is C14H19NO2. The Balaban J connectivity index is 1.60. The maximum Gasteiger partial charge on any atom is 0.287 e. The summed E-state index contributed by atoms with van der Waals surface area (Å²) in [5, 5.41) is 3.08. The van der Waals surface area contributed by atoms with Gasteiger partial charge in [-0.2, -0.15) is 0 Å². The van der Waals surface area contributed by atoms with E-state index in [-0.39, 0.29) is 11.9 Å². The van der Waals surface area contributed by atoms with E-state index in [4.69, 9.17) is 4.42 Å². The zero-order valence-electron chi connectivity index (χ0n) is 10.2. The summed E-state index contributed by atoms with van der Waals surface area (Å²) in [6.07, 6.45) is 6.98. The summed E-state index contributed by atoms with van der Waals surface area (Å²) < 4.78 is 5.11. The molecular weight excluding hydrogens is 214 g/mol. The Morgan fingerprint density at radius 1 is 1.47 bits per heavy atom. The van der Waals surface area contributed by atoms with E-state index >= 15 is 0 Å². The van der Waals surface area contributed by atoms with Gasteiger partial charge in [-0.25, -0.2) is 0 Å². The van der Waals surface area contributed by atoms with Crippen LogP contribution in [0.2, 0.25) is 0 Å². The first-order valence-electron chi connectivity index (χ1n) is 6.58. The van der Waals surface area contributed by atoms with E-state index in [0.717, 1.165) is 11.8 Å². The van der Waals surface area contributed by atoms with Crippen LogP contribution in [0.4, 0.5) is 0 Å². The monoisotopic (exact) mass is 233 g/mol. The summed E-state index contributed by atoms with van der Waals surface area (Å²) in [5.41, 5.74) is 0. The molecule has 17 heavy (non-hydrogen) atoms. The van der Waals surface area contributed by atoms with Crippen molar-refractivity contribution < 1.29 is 9.21 Å². The fourth-order valence-electron chi connectivity index (χ4n) is 3.70. The largest absolute Gasteiger partial charge is 0.459 e. The number of carbonyl (C=O) groups is 1. The number of fused-ring (bicyclic) bond motifs is 2. The topological polar surface area (TPSA) is 42.2 Å². The molecule has 2 bridgehead atoms. The van der Waals surface area contributed by atoms with Crippen LogP contribution in [0.25, 0.3) is 0 Å². The molecule has 0 saturated heterocycles. The smallest absolute Gasteiger partial charge is 0.287 e. The zero-order valence-corrected chi connectivity index (χ0v) is 10.2. The molecule has 1 heterocycles. The van der Waals surface area contributed by atoms with E-state index in [1.165, 1.54) is 31.9 Å². The van der Waals surface area contributed by atoms with E-state index in [1.54, 1.807) is 12.1 Å². The molecule has 3 heteroatoms. The van der Waals surface area contributed by atoms with E-state index in [2.05, 4.69) is 12.2 Å². The highest BCUT2D eigenvalue weighted by atomic mass is 16.3. The van der Waals surface area contributed by atoms with Crippen molar-refractivity contribution in [2.45, 2.75) is 38.6 Å². The number of nitrogens with one attached hydrogen (secondary N) is 1. The molecule has 1 aromatic rings. The highest BCUT2D eigenvalue weighted by Crippen LogP contribution is 2.49. The number of furan rings is 1. The Labute approximate surface area is 102 Å². The summed E-state index contributed by atoms with van der Waals surface area (Å²) in [6, 6.07) is 3.72. The van der Waals surface area contributed by atoms with Crippen molar-refractivity contribution in [3.8, 4) is 0 Å². The van der Waals surface area contributed by atoms with Gasteiger partial charge < -0.3 is 9.73 Å². The normalized spacial score (nSPS) is 32.6. The summed E-state index contributed by atoms with van der Waals surface area (Å²) >= 11 is 0. The third-order valence-corrected chi connectivity index (χ3v) is 4.54. The van der Waals surface area contributed by atoms with Crippen molar-refractivity contribution in [3.05, 3.63) is 24.2 Å². The van der Waals surface area contributed by atoms with Crippen molar-refractivity contribution >= 4 is 5.91 Å². The van der Waals surface area contributed by atoms with Gasteiger partial charge in [0.05, 0.1) is 6.26 Å². The third-order valence-electron chi connectivity index (χ3n) is 4.54. The van der Waals surface area contributed by atoms with Crippen LogP contribution < -0.4 is 5.32 Å². The number of amides is 1. The molecule has 3 nitrogen and oxygen atoms in total. The first-order chi connectivity index (χ1) is 8.24. The Morgan fingerprint density at radius 2 is 2.35 bits per heavy atom. The van der Waals surface area contributed by atoms with E-state index in [1.807, 2.05) is 0 Å². The molecule has 0 spiro atoms. The third kappa shape index (κ3) is 1.99. The lowest BCUT2D eigenvalue weighted by molar-refractivity contribution is 0.0887. The van der Waals surface area contributed by atoms with Gasteiger partial charge in [0.1, 0.15) is 0 Å². The van der Waals surface area contributed by atoms with Crippen LogP contribution >= 0.6 is 0 Å². The Bertz CT molecular complexity index is 398. The van der Waals surface area contributed by atoms with Crippen LogP contribution in [0.1, 0.15) is 43.2 Å². The van der Waals surface area contributed by atoms with Crippen LogP contribution in [0.3, 0.4) is 0 Å². The quantitative estimate of drug-likeness (QED) is 0.872. The highest BCUT2D eigenvalue weighted by Gasteiger charge is 2.42. The van der Waals surface area contributed by atoms with Crippen molar-refractivity contribution in [1.29, 1.82) is 0 Å². The average Bonchev–Trinajstić information content (AvgIpc) is 3.05. The second-order valence-electron chi connectivity index (χ2n) is 5.58. The molecule has 0 radical (unpaired) electrons. The molecule has 4 unspecified atom stereocenters. The van der Waals surface area contributed by atoms with Gasteiger partial charge in [0.2, 0.25) is 0 Å². The molecule has 1 amide bonds. The van der Waals surface area contributed by atoms with Gasteiger partial charge >= 0.3 is 0 Å². The fourth-order valence-corrected chi connectivity index (χ4v) is 3.70. The second kappa shape index (κ2) is 4.21. The van der Waals surface area contributed by atoms with Gasteiger partial charge in [-0.1, -0.05) is 6.42 Å². The lowest BCUT2D eigenvalue weighted by Gasteiger charge is -2.28. The molecule has 92 valence electrons. The predicted molar refractivity (Wildman–Crippen MR) is 64.6 cm³/mol. The fraction of sp³-hybridized carbons (Fsp3) is 0.643. The van der Waals surface area contributed by atoms with Crippen molar-refractivity contribution in [2.75, 3.05) is 0 Å². The van der Waals surface area contributed by atoms with Gasteiger partial charge in [0, 0.05) is 6.04 Å². The van der Waals surface area contributed by atoms with Crippen molar-refractivity contribution in [3.63, 3.8) is 0 Å². The lowest BCUT2D eigenvalue weighted by Crippen LogP contribution is -2.39. The Kier molecular flexibility index (Phi) is 2.69. The molecule has 2 fully saturated rings. The summed E-state index contributed by atoms with van der Waals surface area (Å²) in [4.78, 5) is 11.9. The zero-order chi connectivity index (χ0) is 11.8. The molecule has 1 aromatic heterocycles. The van der Waals surface area contributed by atoms with Crippen LogP contribution in [-0.4, -0.2) is 11.9 Å². The van der Waals surface area contributed by atoms with Crippen LogP contribution in [-0.2, 0) is 0 Å². The van der Waals surface area contributed by atoms with Crippen LogP contribution in [0, 0.1) is 17.8 Å². The lowest BCUT2D eigenvalue weighted by atomic mass is 9.84. The molecule has 0 aliphatic heterocycles. The minimum absolute atomic E-state index is 0.0785. The van der Waals surface area contributed by atoms with E-state index < -0.39 is 0 Å². The summed E-state index contributed by atoms with van der Waals surface area (Å²) in [6.45, 7) is 2.13. The SMILES string of the molecule is CC(NC(=O)c1ccco1)C1CC2CCC1C2. The molecule has 2 saturated carbocycles. The van der Waals surface area contributed by atoms with Gasteiger partial charge in [0.15, 0.2) is 5.76 Å². The van der Waals surface area contributed by atoms with Gasteiger partial charge in [0.25, 0.3) is 5.91 Å². The average molecular weight is 233 g/mol. The molecule has 2 aliphatic rings. The molecule has 3 rings (SSSR count). The first-order valence-corrected chi connectivity index (χ1v) is 6.58. The predicted octanol–water partition coefficient (Wildman–Crippen LogP) is 2.83. The summed E-state index contributed by atoms with van der Waals surface area (Å²) in [7, 11) is 0. The molecule has 2 aliphatic carbocycles. The minimum atomic E-state index is -0.0785. The molecule has 1 N–H and O–H groups in total. The number of rotatable bonds is 3. The number of hydrogen-bond acceptors (Lipinski definition) is 2. The number of carbonyl (C=O) groups excluding carboxylic acids is 1. The highest BCUT2D eigenvalue weighted by molar-refractivity contribution is 5.91.